The summed E-state index contributed by atoms with van der Waals surface area (Å²) in [5.41, 5.74) is 5.35. The molecule has 3 aliphatic heterocycles. The first kappa shape index (κ1) is 45.4. The van der Waals surface area contributed by atoms with E-state index in [1.807, 2.05) is 18.2 Å². The van der Waals surface area contributed by atoms with E-state index in [0.29, 0.717) is 24.0 Å². The molecule has 5 aromatic rings. The molecule has 9 rings (SSSR count). The molecule has 2 fully saturated rings. The summed E-state index contributed by atoms with van der Waals surface area (Å²) < 4.78 is 42.4. The summed E-state index contributed by atoms with van der Waals surface area (Å²) in [7, 11) is -2.57. The number of hydrogen-bond donors (Lipinski definition) is 3. The summed E-state index contributed by atoms with van der Waals surface area (Å²) in [4.78, 5) is 42.1. The number of hydrogen-bond acceptors (Lipinski definition) is 13. The topological polar surface area (TPSA) is 179 Å². The number of anilines is 2. The van der Waals surface area contributed by atoms with Crippen LogP contribution in [-0.2, 0) is 10.0 Å². The lowest BCUT2D eigenvalue weighted by Crippen LogP contribution is -2.53. The van der Waals surface area contributed by atoms with E-state index in [9.17, 15) is 23.3 Å². The van der Waals surface area contributed by atoms with Gasteiger partial charge in [-0.2, -0.15) is 0 Å². The fourth-order valence-electron chi connectivity index (χ4n) is 9.49. The lowest BCUT2D eigenvalue weighted by molar-refractivity contribution is -0.384. The monoisotopic (exact) mass is 937 g/mol. The highest BCUT2D eigenvalue weighted by Crippen LogP contribution is 2.44. The number of aromatic amines is 1. The van der Waals surface area contributed by atoms with Gasteiger partial charge in [0.25, 0.3) is 21.6 Å². The van der Waals surface area contributed by atoms with E-state index in [1.165, 1.54) is 29.0 Å². The predicted octanol–water partition coefficient (Wildman–Crippen LogP) is 7.63. The van der Waals surface area contributed by atoms with Crippen LogP contribution in [0.2, 0.25) is 5.02 Å². The number of nitrogens with zero attached hydrogens (tertiary/aromatic N) is 6. The minimum Gasteiger partial charge on any atom is -0.489 e. The molecular formula is C48H56ClN9O7S. The van der Waals surface area contributed by atoms with Crippen molar-refractivity contribution in [1.82, 2.24) is 29.4 Å². The molecule has 5 heterocycles. The molecule has 66 heavy (non-hydrogen) atoms. The Kier molecular flexibility index (Phi) is 12.7. The highest BCUT2D eigenvalue weighted by atomic mass is 35.5. The minimum absolute atomic E-state index is 0.0163. The third-order valence-corrected chi connectivity index (χ3v) is 15.0. The largest absolute Gasteiger partial charge is 0.489 e. The van der Waals surface area contributed by atoms with E-state index >= 15 is 0 Å². The van der Waals surface area contributed by atoms with Crippen molar-refractivity contribution in [3.05, 3.63) is 111 Å². The number of nitrogens with one attached hydrogen (secondary N) is 3. The van der Waals surface area contributed by atoms with Gasteiger partial charge < -0.3 is 29.6 Å². The highest BCUT2D eigenvalue weighted by molar-refractivity contribution is 7.90. The Labute approximate surface area is 390 Å². The number of aromatic nitrogens is 2. The van der Waals surface area contributed by atoms with E-state index in [-0.39, 0.29) is 40.8 Å². The molecule has 4 aliphatic rings. The van der Waals surface area contributed by atoms with Crippen molar-refractivity contribution in [2.75, 3.05) is 82.8 Å². The predicted molar refractivity (Wildman–Crippen MR) is 256 cm³/mol. The second-order valence-electron chi connectivity index (χ2n) is 18.8. The maximum atomic E-state index is 14.1. The van der Waals surface area contributed by atoms with Gasteiger partial charge in [-0.15, -0.1) is 0 Å². The van der Waals surface area contributed by atoms with E-state index in [4.69, 9.17) is 21.1 Å². The number of ether oxygens (including phenoxy) is 2. The fraction of sp³-hybridized carbons (Fsp3) is 0.417. The summed E-state index contributed by atoms with van der Waals surface area (Å²) in [6.07, 6.45) is 6.47. The number of allylic oxidation sites excluding steroid dienone is 1. The normalized spacial score (nSPS) is 20.7. The zero-order chi connectivity index (χ0) is 46.3. The first-order valence-corrected chi connectivity index (χ1v) is 24.3. The first-order valence-electron chi connectivity index (χ1n) is 22.5. The average molecular weight is 939 g/mol. The van der Waals surface area contributed by atoms with Gasteiger partial charge >= 0.3 is 0 Å². The van der Waals surface area contributed by atoms with Crippen LogP contribution in [0.4, 0.5) is 17.1 Å². The van der Waals surface area contributed by atoms with Crippen LogP contribution in [0.3, 0.4) is 0 Å². The molecule has 18 heteroatoms. The number of nitro groups is 1. The number of sulfonamides is 1. The number of carbonyl (C=O) groups is 1. The number of benzene rings is 3. The molecule has 2 atom stereocenters. The molecule has 0 saturated carbocycles. The van der Waals surface area contributed by atoms with Crippen LogP contribution in [0.1, 0.15) is 56.0 Å². The third-order valence-electron chi connectivity index (χ3n) is 13.4. The number of likely N-dealkylation sites (N-methyl/N-ethyl adjacent to an activating group) is 1. The van der Waals surface area contributed by atoms with Gasteiger partial charge in [0.15, 0.2) is 11.4 Å². The van der Waals surface area contributed by atoms with Gasteiger partial charge in [-0.25, -0.2) is 18.1 Å². The Hall–Kier alpha value is -5.72. The number of amides is 1. The zero-order valence-electron chi connectivity index (χ0n) is 37.7. The summed E-state index contributed by atoms with van der Waals surface area (Å²) >= 11 is 6.25. The maximum absolute atomic E-state index is 14.1. The van der Waals surface area contributed by atoms with Gasteiger partial charge in [0.1, 0.15) is 23.8 Å². The molecule has 16 nitrogen and oxygen atoms in total. The van der Waals surface area contributed by atoms with Crippen LogP contribution in [0.15, 0.2) is 89.6 Å². The van der Waals surface area contributed by atoms with Gasteiger partial charge in [-0.1, -0.05) is 43.2 Å². The maximum Gasteiger partial charge on any atom is 0.297 e. The Balaban J connectivity index is 0.931. The number of piperazine rings is 2. The average Bonchev–Trinajstić information content (AvgIpc) is 3.76. The van der Waals surface area contributed by atoms with Crippen molar-refractivity contribution in [2.24, 2.45) is 5.41 Å². The number of pyridine rings is 1. The van der Waals surface area contributed by atoms with Gasteiger partial charge in [0.2, 0.25) is 0 Å². The SMILES string of the molecule is CC1CN(CC2COc3cc(S(=O)(=O)NC(=O)c4ccc(N5CCN(CC6=C(c7ccc(Cl)cc7)CC(C)(C)CC6)CC5)cc4Oc4cnc5[nH]ccc5c4)cc([N+](=O)[O-])c3N2)CCN1C. The summed E-state index contributed by atoms with van der Waals surface area (Å²) in [6, 6.07) is 19.1. The number of halogens is 1. The Morgan fingerprint density at radius 3 is 2.56 bits per heavy atom. The second-order valence-corrected chi connectivity index (χ2v) is 20.9. The van der Waals surface area contributed by atoms with Gasteiger partial charge in [0, 0.05) is 105 Å². The van der Waals surface area contributed by atoms with Crippen LogP contribution in [0.5, 0.6) is 17.2 Å². The molecule has 3 aromatic carbocycles. The molecule has 0 bridgehead atoms. The summed E-state index contributed by atoms with van der Waals surface area (Å²) in [5, 5.41) is 17.1. The smallest absolute Gasteiger partial charge is 0.297 e. The van der Waals surface area contributed by atoms with Crippen molar-refractivity contribution in [3.63, 3.8) is 0 Å². The number of nitro benzene ring substituents is 1. The number of rotatable bonds is 12. The highest BCUT2D eigenvalue weighted by Gasteiger charge is 2.34. The molecular weight excluding hydrogens is 882 g/mol. The molecule has 1 amide bonds. The van der Waals surface area contributed by atoms with Gasteiger partial charge in [-0.3, -0.25) is 24.7 Å². The van der Waals surface area contributed by atoms with Crippen LogP contribution in [0, 0.1) is 15.5 Å². The molecule has 1 aliphatic carbocycles. The van der Waals surface area contributed by atoms with Crippen molar-refractivity contribution >= 4 is 61.2 Å². The van der Waals surface area contributed by atoms with Crippen LogP contribution < -0.4 is 24.4 Å². The van der Waals surface area contributed by atoms with E-state index < -0.39 is 31.4 Å². The Bertz CT molecular complexity index is 2790. The molecule has 0 radical (unpaired) electrons. The Morgan fingerprint density at radius 2 is 1.80 bits per heavy atom. The summed E-state index contributed by atoms with van der Waals surface area (Å²) in [6.45, 7) is 14.1. The molecule has 3 N–H and O–H groups in total. The minimum atomic E-state index is -4.66. The molecule has 2 aromatic heterocycles. The van der Waals surface area contributed by atoms with Gasteiger partial charge in [0.05, 0.1) is 27.6 Å². The molecule has 0 spiro atoms. The quantitative estimate of drug-likeness (QED) is 0.0823. The standard InChI is InChI=1S/C48H56ClN9O7S/c1-31-27-56(16-15-54(31)4)29-36-30-64-44-24-39(23-42(58(60)61)45(44)52-36)66(62,63)53-47(59)40-10-9-37(22-43(40)65-38-21-33-12-14-50-46(33)51-26-38)57-19-17-55(18-20-57)28-34-11-13-48(2,3)25-41(34)32-5-7-35(49)8-6-32/h5-10,12,14,21-24,26,31,36,52H,11,13,15-20,25,27-30H2,1-4H3,(H,50,51)(H,53,59). The molecule has 2 saturated heterocycles. The second kappa shape index (κ2) is 18.5. The van der Waals surface area contributed by atoms with Crippen molar-refractivity contribution in [1.29, 1.82) is 0 Å². The van der Waals surface area contributed by atoms with E-state index in [0.717, 1.165) is 93.8 Å². The number of fused-ring (bicyclic) bond motifs is 2. The van der Waals surface area contributed by atoms with E-state index in [2.05, 4.69) is 79.6 Å². The number of H-pyrrole nitrogens is 1. The van der Waals surface area contributed by atoms with Crippen molar-refractivity contribution < 1.29 is 27.6 Å². The van der Waals surface area contributed by atoms with Crippen LogP contribution in [-0.4, -0.2) is 129 Å². The van der Waals surface area contributed by atoms with Gasteiger partial charge in [-0.05, 0) is 86.2 Å². The molecule has 348 valence electrons. The fourth-order valence-corrected chi connectivity index (χ4v) is 10.6. The molecule has 2 unspecified atom stereocenters. The lowest BCUT2D eigenvalue weighted by atomic mass is 9.72. The number of carbonyl (C=O) groups excluding carboxylic acids is 1. The van der Waals surface area contributed by atoms with Crippen LogP contribution in [0.25, 0.3) is 16.6 Å². The van der Waals surface area contributed by atoms with Crippen molar-refractivity contribution in [3.8, 4) is 17.2 Å². The van der Waals surface area contributed by atoms with E-state index in [1.54, 1.807) is 30.5 Å². The Morgan fingerprint density at radius 1 is 1.03 bits per heavy atom. The zero-order valence-corrected chi connectivity index (χ0v) is 39.3. The van der Waals surface area contributed by atoms with Crippen LogP contribution >= 0.6 is 11.6 Å². The first-order chi connectivity index (χ1) is 31.6. The summed E-state index contributed by atoms with van der Waals surface area (Å²) in [5.74, 6) is -0.496. The van der Waals surface area contributed by atoms with Crippen molar-refractivity contribution in [2.45, 2.75) is 57.0 Å². The third kappa shape index (κ3) is 10.0. The lowest BCUT2D eigenvalue weighted by Gasteiger charge is -2.40.